The van der Waals surface area contributed by atoms with Crippen molar-refractivity contribution in [2.45, 2.75) is 25.7 Å². The van der Waals surface area contributed by atoms with E-state index in [1.54, 1.807) is 12.4 Å². The van der Waals surface area contributed by atoms with Gasteiger partial charge >= 0.3 is 5.97 Å². The first-order valence-corrected chi connectivity index (χ1v) is 7.83. The number of carbonyl (C=O) groups is 3. The number of hydroxylamine groups is 2. The molecule has 0 bridgehead atoms. The predicted octanol–water partition coefficient (Wildman–Crippen LogP) is 1.63. The van der Waals surface area contributed by atoms with E-state index in [0.29, 0.717) is 5.06 Å². The van der Waals surface area contributed by atoms with Gasteiger partial charge < -0.3 is 4.84 Å². The van der Waals surface area contributed by atoms with Crippen LogP contribution in [0.15, 0.2) is 28.9 Å². The minimum atomic E-state index is -0.570. The topological polar surface area (TPSA) is 76.0 Å². The molecular weight excluding hydrogens is 292 g/mol. The van der Waals surface area contributed by atoms with E-state index in [9.17, 15) is 14.4 Å². The Morgan fingerprint density at radius 3 is 2.86 bits per heavy atom. The number of thioether (sulfide) groups is 1. The minimum Gasteiger partial charge on any atom is -0.329 e. The highest BCUT2D eigenvalue weighted by molar-refractivity contribution is 7.99. The first kappa shape index (κ1) is 15.5. The Hall–Kier alpha value is -1.89. The summed E-state index contributed by atoms with van der Waals surface area (Å²) in [6, 6.07) is 0. The Labute approximate surface area is 126 Å². The van der Waals surface area contributed by atoms with Crippen molar-refractivity contribution in [2.24, 2.45) is 4.99 Å². The summed E-state index contributed by atoms with van der Waals surface area (Å²) in [7, 11) is 0. The second-order valence-corrected chi connectivity index (χ2v) is 5.66. The maximum absolute atomic E-state index is 11.6. The molecule has 0 aromatic carbocycles. The summed E-state index contributed by atoms with van der Waals surface area (Å²) in [5.41, 5.74) is 1.25. The summed E-state index contributed by atoms with van der Waals surface area (Å²) < 4.78 is 0. The van der Waals surface area contributed by atoms with Crippen LogP contribution in [0.1, 0.15) is 25.7 Å². The maximum atomic E-state index is 11.6. The fraction of sp³-hybridized carbons (Fsp3) is 0.429. The van der Waals surface area contributed by atoms with Gasteiger partial charge in [-0.2, -0.15) is 0 Å². The van der Waals surface area contributed by atoms with Crippen LogP contribution in [0.25, 0.3) is 0 Å². The van der Waals surface area contributed by atoms with Crippen LogP contribution in [0.5, 0.6) is 0 Å². The van der Waals surface area contributed by atoms with E-state index in [0.717, 1.165) is 18.6 Å². The molecule has 21 heavy (non-hydrogen) atoms. The van der Waals surface area contributed by atoms with Crippen molar-refractivity contribution < 1.29 is 19.2 Å². The SMILES string of the molecule is O=C(CSCCC1=CC=NC=CC1)ON1C(=O)CCC1=O. The second-order valence-electron chi connectivity index (χ2n) is 4.56. The zero-order valence-corrected chi connectivity index (χ0v) is 12.3. The molecule has 0 aromatic rings. The van der Waals surface area contributed by atoms with Crippen LogP contribution in [-0.2, 0) is 19.2 Å². The van der Waals surface area contributed by atoms with E-state index in [-0.39, 0.29) is 18.6 Å². The molecule has 6 nitrogen and oxygen atoms in total. The van der Waals surface area contributed by atoms with Gasteiger partial charge in [0.1, 0.15) is 0 Å². The molecule has 0 radical (unpaired) electrons. The fourth-order valence-electron chi connectivity index (χ4n) is 1.86. The van der Waals surface area contributed by atoms with Crippen molar-refractivity contribution in [3.05, 3.63) is 23.9 Å². The van der Waals surface area contributed by atoms with Crippen LogP contribution in [0.4, 0.5) is 0 Å². The molecule has 1 saturated heterocycles. The second kappa shape index (κ2) is 7.78. The van der Waals surface area contributed by atoms with Crippen molar-refractivity contribution in [1.82, 2.24) is 5.06 Å². The van der Waals surface area contributed by atoms with E-state index in [2.05, 4.69) is 4.99 Å². The molecule has 0 aromatic heterocycles. The Balaban J connectivity index is 1.64. The molecule has 0 aliphatic carbocycles. The van der Waals surface area contributed by atoms with E-state index < -0.39 is 17.8 Å². The first-order valence-electron chi connectivity index (χ1n) is 6.67. The average Bonchev–Trinajstić information content (AvgIpc) is 2.71. The summed E-state index contributed by atoms with van der Waals surface area (Å²) in [4.78, 5) is 42.9. The number of hydrogen-bond acceptors (Lipinski definition) is 6. The van der Waals surface area contributed by atoms with Crippen LogP contribution >= 0.6 is 11.8 Å². The van der Waals surface area contributed by atoms with Gasteiger partial charge in [0.15, 0.2) is 0 Å². The zero-order valence-electron chi connectivity index (χ0n) is 11.5. The molecule has 0 unspecified atom stereocenters. The number of rotatable bonds is 6. The molecule has 112 valence electrons. The van der Waals surface area contributed by atoms with Crippen LogP contribution in [0.3, 0.4) is 0 Å². The minimum absolute atomic E-state index is 0.114. The number of imide groups is 1. The Bertz CT molecular complexity index is 509. The van der Waals surface area contributed by atoms with Gasteiger partial charge in [-0.05, 0) is 24.7 Å². The van der Waals surface area contributed by atoms with Crippen LogP contribution < -0.4 is 0 Å². The molecule has 2 heterocycles. The number of carbonyl (C=O) groups excluding carboxylic acids is 3. The Kier molecular flexibility index (Phi) is 5.74. The molecule has 2 aliphatic heterocycles. The van der Waals surface area contributed by atoms with Gasteiger partial charge in [-0.25, -0.2) is 4.79 Å². The lowest BCUT2D eigenvalue weighted by Gasteiger charge is -2.12. The lowest BCUT2D eigenvalue weighted by molar-refractivity contribution is -0.195. The summed E-state index contributed by atoms with van der Waals surface area (Å²) in [5.74, 6) is -0.584. The zero-order chi connectivity index (χ0) is 15.1. The highest BCUT2D eigenvalue weighted by atomic mass is 32.2. The molecule has 7 heteroatoms. The smallest absolute Gasteiger partial charge is 0.329 e. The van der Waals surface area contributed by atoms with Gasteiger partial charge in [-0.15, -0.1) is 16.8 Å². The molecular formula is C14H16N2O4S. The molecule has 0 N–H and O–H groups in total. The molecule has 0 spiro atoms. The molecule has 0 saturated carbocycles. The molecule has 2 amide bonds. The molecule has 2 rings (SSSR count). The maximum Gasteiger partial charge on any atom is 0.342 e. The lowest BCUT2D eigenvalue weighted by atomic mass is 10.1. The molecule has 1 fully saturated rings. The Morgan fingerprint density at radius 2 is 2.10 bits per heavy atom. The third-order valence-corrected chi connectivity index (χ3v) is 3.89. The summed E-state index contributed by atoms with van der Waals surface area (Å²) in [5, 5.41) is 0.581. The van der Waals surface area contributed by atoms with Gasteiger partial charge in [0, 0.05) is 25.3 Å². The largest absolute Gasteiger partial charge is 0.342 e. The van der Waals surface area contributed by atoms with Crippen molar-refractivity contribution in [2.75, 3.05) is 11.5 Å². The Morgan fingerprint density at radius 1 is 1.33 bits per heavy atom. The van der Waals surface area contributed by atoms with Crippen molar-refractivity contribution in [3.8, 4) is 0 Å². The van der Waals surface area contributed by atoms with Gasteiger partial charge in [0.05, 0.1) is 5.75 Å². The van der Waals surface area contributed by atoms with Gasteiger partial charge in [-0.1, -0.05) is 11.6 Å². The third kappa shape index (κ3) is 4.86. The van der Waals surface area contributed by atoms with E-state index in [4.69, 9.17) is 4.84 Å². The third-order valence-electron chi connectivity index (χ3n) is 2.95. The summed E-state index contributed by atoms with van der Waals surface area (Å²) in [6.45, 7) is 0. The van der Waals surface area contributed by atoms with E-state index in [1.165, 1.54) is 17.3 Å². The average molecular weight is 308 g/mol. The normalized spacial score (nSPS) is 17.9. The van der Waals surface area contributed by atoms with Crippen LogP contribution in [0.2, 0.25) is 0 Å². The number of hydrogen-bond donors (Lipinski definition) is 0. The monoisotopic (exact) mass is 308 g/mol. The predicted molar refractivity (Wildman–Crippen MR) is 79.5 cm³/mol. The summed E-state index contributed by atoms with van der Waals surface area (Å²) >= 11 is 1.41. The number of aliphatic imine (C=N–C) groups is 1. The molecule has 0 atom stereocenters. The van der Waals surface area contributed by atoms with Gasteiger partial charge in [-0.3, -0.25) is 14.6 Å². The van der Waals surface area contributed by atoms with Gasteiger partial charge in [0.2, 0.25) is 0 Å². The van der Waals surface area contributed by atoms with Crippen LogP contribution in [0, 0.1) is 0 Å². The van der Waals surface area contributed by atoms with Crippen molar-refractivity contribution in [3.63, 3.8) is 0 Å². The van der Waals surface area contributed by atoms with Gasteiger partial charge in [0.25, 0.3) is 11.8 Å². The van der Waals surface area contributed by atoms with E-state index in [1.807, 2.05) is 12.2 Å². The standard InChI is InChI=1S/C14H16N2O4S/c17-12-3-4-13(18)16(12)20-14(19)10-21-9-6-11-2-1-7-15-8-5-11/h1,5,7-8H,2-4,6,9-10H2. The highest BCUT2D eigenvalue weighted by Crippen LogP contribution is 2.16. The fourth-order valence-corrected chi connectivity index (χ4v) is 2.63. The number of allylic oxidation sites excluding steroid dienone is 3. The highest BCUT2D eigenvalue weighted by Gasteiger charge is 2.32. The van der Waals surface area contributed by atoms with Crippen LogP contribution in [-0.4, -0.2) is 40.6 Å². The van der Waals surface area contributed by atoms with Crippen molar-refractivity contribution >= 4 is 35.8 Å². The number of nitrogens with zero attached hydrogens (tertiary/aromatic N) is 2. The lowest BCUT2D eigenvalue weighted by Crippen LogP contribution is -2.32. The first-order chi connectivity index (χ1) is 10.2. The quantitative estimate of drug-likeness (QED) is 0.550. The molecule has 2 aliphatic rings. The summed E-state index contributed by atoms with van der Waals surface area (Å²) in [6.07, 6.45) is 9.42. The van der Waals surface area contributed by atoms with E-state index >= 15 is 0 Å². The number of amides is 2. The van der Waals surface area contributed by atoms with Crippen molar-refractivity contribution in [1.29, 1.82) is 0 Å².